The standard InChI is InChI=1S/C27H32ClN5O/c28-20-10-13-24-19(15-20)16-22(30-21-5-1-2-6-21)17-25-31-32-27(33(24)25)18-8-11-23(12-9-18)34-26-7-3-4-14-29-26/h3-4,7,10,13-15,18,21-23,30H,1-2,5-6,8-9,11-12,16-17H2/t18?,22-,23?/m0/s1. The number of pyridine rings is 1. The molecule has 0 unspecified atom stereocenters. The minimum atomic E-state index is 0.212. The maximum absolute atomic E-state index is 6.44. The number of halogens is 1. The molecule has 2 saturated carbocycles. The van der Waals surface area contributed by atoms with Crippen LogP contribution in [-0.2, 0) is 12.8 Å². The van der Waals surface area contributed by atoms with Crippen molar-refractivity contribution in [2.24, 2.45) is 0 Å². The Labute approximate surface area is 206 Å². The molecule has 3 aromatic rings. The summed E-state index contributed by atoms with van der Waals surface area (Å²) in [5.41, 5.74) is 2.48. The summed E-state index contributed by atoms with van der Waals surface area (Å²) in [6.07, 6.45) is 13.2. The zero-order valence-electron chi connectivity index (χ0n) is 19.5. The summed E-state index contributed by atoms with van der Waals surface area (Å²) in [5, 5.41) is 14.2. The van der Waals surface area contributed by atoms with Gasteiger partial charge in [-0.1, -0.05) is 30.5 Å². The van der Waals surface area contributed by atoms with Gasteiger partial charge in [-0.15, -0.1) is 10.2 Å². The van der Waals surface area contributed by atoms with E-state index < -0.39 is 0 Å². The average molecular weight is 478 g/mol. The van der Waals surface area contributed by atoms with Gasteiger partial charge in [0, 0.05) is 41.7 Å². The average Bonchev–Trinajstić information content (AvgIpc) is 3.48. The van der Waals surface area contributed by atoms with Gasteiger partial charge in [-0.2, -0.15) is 0 Å². The van der Waals surface area contributed by atoms with E-state index >= 15 is 0 Å². The molecule has 1 atom stereocenters. The SMILES string of the molecule is Clc1ccc2c(c1)C[C@H](NC1CCCC1)Cc1nnc(C3CCC(Oc4ccccn4)CC3)n1-2. The quantitative estimate of drug-likeness (QED) is 0.531. The van der Waals surface area contributed by atoms with Crippen molar-refractivity contribution in [1.29, 1.82) is 0 Å². The molecule has 7 heteroatoms. The van der Waals surface area contributed by atoms with Crippen LogP contribution in [0, 0.1) is 0 Å². The van der Waals surface area contributed by atoms with E-state index in [0.717, 1.165) is 55.2 Å². The van der Waals surface area contributed by atoms with E-state index in [4.69, 9.17) is 26.5 Å². The molecule has 2 fully saturated rings. The van der Waals surface area contributed by atoms with E-state index in [1.54, 1.807) is 6.20 Å². The number of benzene rings is 1. The molecule has 0 bridgehead atoms. The molecule has 3 heterocycles. The molecule has 0 amide bonds. The lowest BCUT2D eigenvalue weighted by atomic mass is 9.86. The van der Waals surface area contributed by atoms with Gasteiger partial charge in [-0.25, -0.2) is 4.98 Å². The number of aromatic nitrogens is 4. The lowest BCUT2D eigenvalue weighted by Gasteiger charge is -2.28. The zero-order valence-corrected chi connectivity index (χ0v) is 20.3. The van der Waals surface area contributed by atoms with Crippen LogP contribution in [-0.4, -0.2) is 37.9 Å². The summed E-state index contributed by atoms with van der Waals surface area (Å²) in [4.78, 5) is 4.32. The van der Waals surface area contributed by atoms with Crippen molar-refractivity contribution >= 4 is 11.6 Å². The van der Waals surface area contributed by atoms with Gasteiger partial charge in [-0.3, -0.25) is 4.57 Å². The fourth-order valence-electron chi connectivity index (χ4n) is 6.05. The molecule has 0 saturated heterocycles. The second-order valence-electron chi connectivity index (χ2n) is 10.1. The summed E-state index contributed by atoms with van der Waals surface area (Å²) in [6.45, 7) is 0. The first-order chi connectivity index (χ1) is 16.7. The van der Waals surface area contributed by atoms with E-state index in [1.807, 2.05) is 24.3 Å². The van der Waals surface area contributed by atoms with E-state index in [1.165, 1.54) is 36.9 Å². The summed E-state index contributed by atoms with van der Waals surface area (Å²) < 4.78 is 8.46. The van der Waals surface area contributed by atoms with Gasteiger partial charge in [-0.05, 0) is 74.8 Å². The molecule has 34 heavy (non-hydrogen) atoms. The number of hydrogen-bond donors (Lipinski definition) is 1. The summed E-state index contributed by atoms with van der Waals surface area (Å²) in [6, 6.07) is 13.1. The highest BCUT2D eigenvalue weighted by Crippen LogP contribution is 2.37. The third-order valence-corrected chi connectivity index (χ3v) is 7.96. The number of ether oxygens (including phenoxy) is 1. The van der Waals surface area contributed by atoms with Crippen molar-refractivity contribution < 1.29 is 4.74 Å². The Bertz CT molecular complexity index is 1120. The second-order valence-corrected chi connectivity index (χ2v) is 10.5. The molecule has 6 nitrogen and oxygen atoms in total. The Kier molecular flexibility index (Phi) is 6.27. The largest absolute Gasteiger partial charge is 0.474 e. The molecule has 1 aliphatic heterocycles. The van der Waals surface area contributed by atoms with Crippen LogP contribution in [0.25, 0.3) is 5.69 Å². The maximum Gasteiger partial charge on any atom is 0.213 e. The third kappa shape index (κ3) is 4.58. The topological polar surface area (TPSA) is 64.9 Å². The van der Waals surface area contributed by atoms with Crippen LogP contribution >= 0.6 is 11.6 Å². The number of fused-ring (bicyclic) bond motifs is 3. The minimum absolute atomic E-state index is 0.212. The molecular formula is C27H32ClN5O. The van der Waals surface area contributed by atoms with Gasteiger partial charge in [0.2, 0.25) is 5.88 Å². The summed E-state index contributed by atoms with van der Waals surface area (Å²) >= 11 is 6.44. The van der Waals surface area contributed by atoms with Gasteiger partial charge >= 0.3 is 0 Å². The number of nitrogens with one attached hydrogen (secondary N) is 1. The van der Waals surface area contributed by atoms with E-state index in [9.17, 15) is 0 Å². The van der Waals surface area contributed by atoms with E-state index in [2.05, 4.69) is 27.0 Å². The number of hydrogen-bond acceptors (Lipinski definition) is 5. The van der Waals surface area contributed by atoms with Crippen molar-refractivity contribution in [3.05, 3.63) is 64.8 Å². The van der Waals surface area contributed by atoms with Crippen molar-refractivity contribution in [2.75, 3.05) is 0 Å². The molecule has 1 N–H and O–H groups in total. The minimum Gasteiger partial charge on any atom is -0.474 e. The van der Waals surface area contributed by atoms with Crippen LogP contribution < -0.4 is 10.1 Å². The Balaban J connectivity index is 1.23. The van der Waals surface area contributed by atoms with Crippen LogP contribution in [0.2, 0.25) is 5.02 Å². The van der Waals surface area contributed by atoms with Crippen LogP contribution in [0.3, 0.4) is 0 Å². The maximum atomic E-state index is 6.44. The highest BCUT2D eigenvalue weighted by Gasteiger charge is 2.32. The fraction of sp³-hybridized carbons (Fsp3) is 0.519. The molecule has 6 rings (SSSR count). The second kappa shape index (κ2) is 9.67. The summed E-state index contributed by atoms with van der Waals surface area (Å²) in [7, 11) is 0. The number of rotatable bonds is 5. The van der Waals surface area contributed by atoms with Gasteiger partial charge in [0.1, 0.15) is 17.8 Å². The van der Waals surface area contributed by atoms with Crippen molar-refractivity contribution in [1.82, 2.24) is 25.1 Å². The van der Waals surface area contributed by atoms with Gasteiger partial charge in [0.15, 0.2) is 0 Å². The first-order valence-corrected chi connectivity index (χ1v) is 13.2. The van der Waals surface area contributed by atoms with Crippen molar-refractivity contribution in [3.63, 3.8) is 0 Å². The van der Waals surface area contributed by atoms with E-state index in [0.29, 0.717) is 23.9 Å². The molecule has 2 aliphatic carbocycles. The smallest absolute Gasteiger partial charge is 0.213 e. The zero-order chi connectivity index (χ0) is 22.9. The Morgan fingerprint density at radius 3 is 2.56 bits per heavy atom. The van der Waals surface area contributed by atoms with Gasteiger partial charge in [0.25, 0.3) is 0 Å². The van der Waals surface area contributed by atoms with Crippen LogP contribution in [0.5, 0.6) is 5.88 Å². The highest BCUT2D eigenvalue weighted by atomic mass is 35.5. The molecule has 0 spiro atoms. The Morgan fingerprint density at radius 2 is 1.76 bits per heavy atom. The highest BCUT2D eigenvalue weighted by molar-refractivity contribution is 6.30. The van der Waals surface area contributed by atoms with Gasteiger partial charge in [0.05, 0.1) is 5.69 Å². The molecule has 3 aliphatic rings. The monoisotopic (exact) mass is 477 g/mol. The van der Waals surface area contributed by atoms with Gasteiger partial charge < -0.3 is 10.1 Å². The lowest BCUT2D eigenvalue weighted by Crippen LogP contribution is -2.39. The van der Waals surface area contributed by atoms with Crippen LogP contribution in [0.4, 0.5) is 0 Å². The first-order valence-electron chi connectivity index (χ1n) is 12.8. The van der Waals surface area contributed by atoms with Crippen molar-refractivity contribution in [3.8, 4) is 11.6 Å². The Morgan fingerprint density at radius 1 is 0.912 bits per heavy atom. The molecule has 1 aromatic carbocycles. The van der Waals surface area contributed by atoms with Crippen LogP contribution in [0.1, 0.15) is 74.5 Å². The van der Waals surface area contributed by atoms with Crippen molar-refractivity contribution in [2.45, 2.75) is 88.3 Å². The third-order valence-electron chi connectivity index (χ3n) is 7.72. The predicted octanol–water partition coefficient (Wildman–Crippen LogP) is 5.42. The molecule has 0 radical (unpaired) electrons. The normalized spacial score (nSPS) is 24.9. The number of nitrogens with zero attached hydrogens (tertiary/aromatic N) is 4. The molecule has 178 valence electrons. The molecule has 2 aromatic heterocycles. The van der Waals surface area contributed by atoms with Crippen LogP contribution in [0.15, 0.2) is 42.6 Å². The Hall–Kier alpha value is -2.44. The van der Waals surface area contributed by atoms with E-state index in [-0.39, 0.29) is 6.10 Å². The predicted molar refractivity (Wildman–Crippen MR) is 133 cm³/mol. The molecular weight excluding hydrogens is 446 g/mol. The fourth-order valence-corrected chi connectivity index (χ4v) is 6.25. The first kappa shape index (κ1) is 22.1. The lowest BCUT2D eigenvalue weighted by molar-refractivity contribution is 0.139. The summed E-state index contributed by atoms with van der Waals surface area (Å²) in [5.74, 6) is 3.26.